The molecule has 1 aromatic rings. The molecule has 1 aliphatic heterocycles. The summed E-state index contributed by atoms with van der Waals surface area (Å²) in [6.45, 7) is 1.79. The Morgan fingerprint density at radius 1 is 1.32 bits per heavy atom. The zero-order valence-electron chi connectivity index (χ0n) is 11.0. The van der Waals surface area contributed by atoms with E-state index < -0.39 is 12.1 Å². The van der Waals surface area contributed by atoms with Gasteiger partial charge in [-0.2, -0.15) is 0 Å². The van der Waals surface area contributed by atoms with Crippen LogP contribution in [0.4, 0.5) is 5.69 Å². The molecular formula is C14H19NO4. The van der Waals surface area contributed by atoms with E-state index in [0.717, 1.165) is 31.6 Å². The molecule has 104 valence electrons. The Hall–Kier alpha value is -1.75. The van der Waals surface area contributed by atoms with E-state index in [2.05, 4.69) is 4.90 Å². The minimum absolute atomic E-state index is 0.397. The summed E-state index contributed by atoms with van der Waals surface area (Å²) in [6, 6.07) is 5.22. The van der Waals surface area contributed by atoms with Gasteiger partial charge in [-0.1, -0.05) is 0 Å². The van der Waals surface area contributed by atoms with E-state index in [1.54, 1.807) is 12.1 Å². The molecule has 1 unspecified atom stereocenters. The first-order valence-corrected chi connectivity index (χ1v) is 6.47. The summed E-state index contributed by atoms with van der Waals surface area (Å²) < 4.78 is 5.10. The van der Waals surface area contributed by atoms with Crippen molar-refractivity contribution in [1.29, 1.82) is 0 Å². The van der Waals surface area contributed by atoms with Crippen LogP contribution in [0.15, 0.2) is 18.2 Å². The van der Waals surface area contributed by atoms with E-state index in [9.17, 15) is 9.90 Å². The number of rotatable bonds is 4. The molecule has 1 heterocycles. The average Bonchev–Trinajstić information content (AvgIpc) is 2.46. The van der Waals surface area contributed by atoms with Gasteiger partial charge in [-0.15, -0.1) is 0 Å². The van der Waals surface area contributed by atoms with Crippen LogP contribution >= 0.6 is 0 Å². The van der Waals surface area contributed by atoms with Crippen molar-refractivity contribution in [3.05, 3.63) is 23.8 Å². The standard InChI is InChI=1S/C14H19NO4/c1-19-10-5-6-12(15-7-3-2-4-8-15)11(9-10)13(16)14(17)18/h5-6,9,13,16H,2-4,7-8H2,1H3,(H,17,18). The number of carboxylic acid groups (broad SMARTS) is 1. The van der Waals surface area contributed by atoms with Crippen LogP contribution in [0.5, 0.6) is 5.75 Å². The highest BCUT2D eigenvalue weighted by molar-refractivity contribution is 5.77. The van der Waals surface area contributed by atoms with Gasteiger partial charge in [0.15, 0.2) is 6.10 Å². The van der Waals surface area contributed by atoms with Crippen molar-refractivity contribution in [3.63, 3.8) is 0 Å². The van der Waals surface area contributed by atoms with Crippen LogP contribution in [0.3, 0.4) is 0 Å². The van der Waals surface area contributed by atoms with Crippen LogP contribution < -0.4 is 9.64 Å². The maximum atomic E-state index is 11.0. The minimum Gasteiger partial charge on any atom is -0.497 e. The van der Waals surface area contributed by atoms with E-state index in [0.29, 0.717) is 11.3 Å². The molecule has 1 saturated heterocycles. The predicted octanol–water partition coefficient (Wildman–Crippen LogP) is 1.80. The molecule has 0 bridgehead atoms. The van der Waals surface area contributed by atoms with E-state index in [1.807, 2.05) is 6.07 Å². The van der Waals surface area contributed by atoms with Crippen molar-refractivity contribution in [2.45, 2.75) is 25.4 Å². The second-order valence-electron chi connectivity index (χ2n) is 4.71. The quantitative estimate of drug-likeness (QED) is 0.868. The molecule has 1 fully saturated rings. The maximum absolute atomic E-state index is 11.0. The molecule has 1 aliphatic rings. The molecule has 1 aromatic carbocycles. The molecular weight excluding hydrogens is 246 g/mol. The number of methoxy groups -OCH3 is 1. The SMILES string of the molecule is COc1ccc(N2CCCCC2)c(C(O)C(=O)O)c1. The summed E-state index contributed by atoms with van der Waals surface area (Å²) in [7, 11) is 1.52. The third kappa shape index (κ3) is 2.98. The lowest BCUT2D eigenvalue weighted by molar-refractivity contribution is -0.146. The Balaban J connectivity index is 2.37. The zero-order valence-corrected chi connectivity index (χ0v) is 11.0. The number of aliphatic carboxylic acids is 1. The monoisotopic (exact) mass is 265 g/mol. The van der Waals surface area contributed by atoms with Crippen LogP contribution in [0.1, 0.15) is 30.9 Å². The molecule has 0 saturated carbocycles. The van der Waals surface area contributed by atoms with Gasteiger partial charge in [0.2, 0.25) is 0 Å². The van der Waals surface area contributed by atoms with Crippen molar-refractivity contribution in [3.8, 4) is 5.75 Å². The second-order valence-corrected chi connectivity index (χ2v) is 4.71. The van der Waals surface area contributed by atoms with Gasteiger partial charge in [0.05, 0.1) is 7.11 Å². The second kappa shape index (κ2) is 5.93. The molecule has 0 aromatic heterocycles. The molecule has 0 amide bonds. The maximum Gasteiger partial charge on any atom is 0.337 e. The Morgan fingerprint density at radius 3 is 2.58 bits per heavy atom. The van der Waals surface area contributed by atoms with E-state index >= 15 is 0 Å². The summed E-state index contributed by atoms with van der Waals surface area (Å²) in [4.78, 5) is 13.2. The molecule has 5 heteroatoms. The molecule has 0 spiro atoms. The average molecular weight is 265 g/mol. The number of nitrogens with zero attached hydrogens (tertiary/aromatic N) is 1. The summed E-state index contributed by atoms with van der Waals surface area (Å²) in [5.74, 6) is -0.692. The number of anilines is 1. The first kappa shape index (κ1) is 13.7. The molecule has 19 heavy (non-hydrogen) atoms. The predicted molar refractivity (Wildman–Crippen MR) is 71.7 cm³/mol. The van der Waals surface area contributed by atoms with E-state index in [-0.39, 0.29) is 0 Å². The number of hydrogen-bond acceptors (Lipinski definition) is 4. The fourth-order valence-electron chi connectivity index (χ4n) is 2.43. The number of carboxylic acids is 1. The smallest absolute Gasteiger partial charge is 0.337 e. The van der Waals surface area contributed by atoms with Crippen LogP contribution in [-0.4, -0.2) is 36.4 Å². The summed E-state index contributed by atoms with van der Waals surface area (Å²) in [5, 5.41) is 18.9. The van der Waals surface area contributed by atoms with Crippen molar-refractivity contribution in [2.75, 3.05) is 25.1 Å². The van der Waals surface area contributed by atoms with Crippen LogP contribution in [0.2, 0.25) is 0 Å². The lowest BCUT2D eigenvalue weighted by Crippen LogP contribution is -2.31. The number of ether oxygens (including phenoxy) is 1. The van der Waals surface area contributed by atoms with Crippen molar-refractivity contribution >= 4 is 11.7 Å². The van der Waals surface area contributed by atoms with E-state index in [4.69, 9.17) is 9.84 Å². The Kier molecular flexibility index (Phi) is 4.27. The van der Waals surface area contributed by atoms with Gasteiger partial charge in [-0.3, -0.25) is 0 Å². The number of hydrogen-bond donors (Lipinski definition) is 2. The van der Waals surface area contributed by atoms with E-state index in [1.165, 1.54) is 13.5 Å². The van der Waals surface area contributed by atoms with Gasteiger partial charge in [-0.05, 0) is 37.5 Å². The van der Waals surface area contributed by atoms with Gasteiger partial charge >= 0.3 is 5.97 Å². The van der Waals surface area contributed by atoms with Gasteiger partial charge < -0.3 is 19.8 Å². The molecule has 0 aliphatic carbocycles. The van der Waals surface area contributed by atoms with Crippen molar-refractivity contribution < 1.29 is 19.7 Å². The normalized spacial score (nSPS) is 17.1. The van der Waals surface area contributed by atoms with Crippen LogP contribution in [-0.2, 0) is 4.79 Å². The topological polar surface area (TPSA) is 70.0 Å². The highest BCUT2D eigenvalue weighted by Crippen LogP contribution is 2.32. The molecule has 2 rings (SSSR count). The summed E-state index contributed by atoms with van der Waals surface area (Å²) in [5.41, 5.74) is 1.18. The van der Waals surface area contributed by atoms with Gasteiger partial charge in [0.1, 0.15) is 5.75 Å². The molecule has 2 N–H and O–H groups in total. The lowest BCUT2D eigenvalue weighted by atomic mass is 10.0. The number of carbonyl (C=O) groups is 1. The molecule has 5 nitrogen and oxygen atoms in total. The summed E-state index contributed by atoms with van der Waals surface area (Å²) >= 11 is 0. The Labute approximate surface area is 112 Å². The van der Waals surface area contributed by atoms with Gasteiger partial charge in [0.25, 0.3) is 0 Å². The third-order valence-electron chi connectivity index (χ3n) is 3.46. The first-order valence-electron chi connectivity index (χ1n) is 6.47. The largest absolute Gasteiger partial charge is 0.497 e. The van der Waals surface area contributed by atoms with Crippen LogP contribution in [0.25, 0.3) is 0 Å². The number of piperidine rings is 1. The van der Waals surface area contributed by atoms with Gasteiger partial charge in [0, 0.05) is 24.3 Å². The highest BCUT2D eigenvalue weighted by atomic mass is 16.5. The molecule has 0 radical (unpaired) electrons. The zero-order chi connectivity index (χ0) is 13.8. The van der Waals surface area contributed by atoms with Crippen LogP contribution in [0, 0.1) is 0 Å². The molecule has 1 atom stereocenters. The Bertz CT molecular complexity index is 455. The number of aliphatic hydroxyl groups is 1. The fraction of sp³-hybridized carbons (Fsp3) is 0.500. The van der Waals surface area contributed by atoms with Crippen molar-refractivity contribution in [2.24, 2.45) is 0 Å². The number of aliphatic hydroxyl groups excluding tert-OH is 1. The van der Waals surface area contributed by atoms with Gasteiger partial charge in [-0.25, -0.2) is 4.79 Å². The first-order chi connectivity index (χ1) is 9.13. The Morgan fingerprint density at radius 2 is 2.00 bits per heavy atom. The third-order valence-corrected chi connectivity index (χ3v) is 3.46. The van der Waals surface area contributed by atoms with Crippen molar-refractivity contribution in [1.82, 2.24) is 0 Å². The lowest BCUT2D eigenvalue weighted by Gasteiger charge is -2.31. The number of benzene rings is 1. The fourth-order valence-corrected chi connectivity index (χ4v) is 2.43. The minimum atomic E-state index is -1.52. The highest BCUT2D eigenvalue weighted by Gasteiger charge is 2.24. The summed E-state index contributed by atoms with van der Waals surface area (Å²) in [6.07, 6.45) is 1.86.